The molecule has 0 aromatic heterocycles. The summed E-state index contributed by atoms with van der Waals surface area (Å²) in [6.45, 7) is 4.52. The van der Waals surface area contributed by atoms with Crippen molar-refractivity contribution in [3.8, 4) is 0 Å². The van der Waals surface area contributed by atoms with Crippen molar-refractivity contribution in [2.24, 2.45) is 16.6 Å². The summed E-state index contributed by atoms with van der Waals surface area (Å²) in [6.07, 6.45) is 4.70. The van der Waals surface area contributed by atoms with Crippen LogP contribution < -0.4 is 5.73 Å². The maximum atomic E-state index is 5.97. The number of nitrogens with zero attached hydrogens (tertiary/aromatic N) is 1. The van der Waals surface area contributed by atoms with Crippen LogP contribution in [0.15, 0.2) is 4.99 Å². The molecule has 0 saturated heterocycles. The number of hydrogen-bond acceptors (Lipinski definition) is 3. The zero-order chi connectivity index (χ0) is 10.1. The lowest BCUT2D eigenvalue weighted by Crippen LogP contribution is -2.35. The molecule has 3 atom stereocenters. The van der Waals surface area contributed by atoms with Gasteiger partial charge in [-0.2, -0.15) is 0 Å². The molecule has 1 fully saturated rings. The molecule has 0 radical (unpaired) electrons. The molecule has 0 spiro atoms. The summed E-state index contributed by atoms with van der Waals surface area (Å²) in [7, 11) is 0. The molecule has 3 unspecified atom stereocenters. The first-order valence-corrected chi connectivity index (χ1v) is 6.52. The summed E-state index contributed by atoms with van der Waals surface area (Å²) in [6, 6.07) is 1.02. The summed E-state index contributed by atoms with van der Waals surface area (Å²) in [5.74, 6) is 0.732. The van der Waals surface area contributed by atoms with Crippen LogP contribution in [0.2, 0.25) is 0 Å². The molecule has 0 aromatic rings. The minimum atomic E-state index is 0.428. The number of aliphatic imine (C=N–C) groups is 1. The van der Waals surface area contributed by atoms with Gasteiger partial charge in [-0.15, -0.1) is 11.8 Å². The van der Waals surface area contributed by atoms with Crippen molar-refractivity contribution in [2.75, 3.05) is 0 Å². The summed E-state index contributed by atoms with van der Waals surface area (Å²) >= 11 is 2.00. The number of nitrogens with two attached hydrogens (primary N) is 1. The monoisotopic (exact) mass is 212 g/mol. The van der Waals surface area contributed by atoms with Crippen molar-refractivity contribution in [1.82, 2.24) is 0 Å². The average Bonchev–Trinajstić information content (AvgIpc) is 2.44. The maximum Gasteiger partial charge on any atom is 0.0685 e. The fourth-order valence-corrected chi connectivity index (χ4v) is 3.93. The molecule has 0 aromatic carbocycles. The van der Waals surface area contributed by atoms with Crippen LogP contribution in [-0.4, -0.2) is 22.4 Å². The van der Waals surface area contributed by atoms with Crippen LogP contribution in [0.4, 0.5) is 0 Å². The largest absolute Gasteiger partial charge is 0.328 e. The van der Waals surface area contributed by atoms with Crippen LogP contribution in [0.5, 0.6) is 0 Å². The van der Waals surface area contributed by atoms with Gasteiger partial charge in [0.2, 0.25) is 0 Å². The van der Waals surface area contributed by atoms with Gasteiger partial charge < -0.3 is 5.73 Å². The lowest BCUT2D eigenvalue weighted by atomic mass is 9.92. The predicted molar refractivity (Wildman–Crippen MR) is 63.9 cm³/mol. The van der Waals surface area contributed by atoms with Gasteiger partial charge in [0.15, 0.2) is 0 Å². The number of thioether (sulfide) groups is 1. The topological polar surface area (TPSA) is 38.4 Å². The van der Waals surface area contributed by atoms with E-state index in [1.54, 1.807) is 0 Å². The van der Waals surface area contributed by atoms with Crippen LogP contribution in [-0.2, 0) is 0 Å². The van der Waals surface area contributed by atoms with Crippen molar-refractivity contribution in [3.05, 3.63) is 0 Å². The van der Waals surface area contributed by atoms with Gasteiger partial charge in [-0.3, -0.25) is 4.99 Å². The molecule has 1 heterocycles. The van der Waals surface area contributed by atoms with Crippen LogP contribution >= 0.6 is 11.8 Å². The Labute approximate surface area is 90.7 Å². The van der Waals surface area contributed by atoms with Gasteiger partial charge in [-0.05, 0) is 31.6 Å². The van der Waals surface area contributed by atoms with E-state index in [0.29, 0.717) is 17.3 Å². The van der Waals surface area contributed by atoms with Gasteiger partial charge in [0.25, 0.3) is 0 Å². The molecular formula is C11H20N2S. The second kappa shape index (κ2) is 4.23. The van der Waals surface area contributed by atoms with Gasteiger partial charge in [0.1, 0.15) is 0 Å². The van der Waals surface area contributed by atoms with Gasteiger partial charge in [-0.1, -0.05) is 13.8 Å². The van der Waals surface area contributed by atoms with E-state index in [2.05, 4.69) is 13.8 Å². The summed E-state index contributed by atoms with van der Waals surface area (Å²) in [5.41, 5.74) is 5.97. The zero-order valence-electron chi connectivity index (χ0n) is 9.07. The van der Waals surface area contributed by atoms with E-state index in [9.17, 15) is 0 Å². The highest BCUT2D eigenvalue weighted by molar-refractivity contribution is 8.14. The number of rotatable bonds is 2. The molecule has 2 N–H and O–H groups in total. The Kier molecular flexibility index (Phi) is 3.17. The third-order valence-electron chi connectivity index (χ3n) is 2.98. The zero-order valence-corrected chi connectivity index (χ0v) is 9.89. The molecule has 80 valence electrons. The first-order valence-electron chi connectivity index (χ1n) is 5.64. The van der Waals surface area contributed by atoms with Crippen molar-refractivity contribution < 1.29 is 0 Å². The third-order valence-corrected chi connectivity index (χ3v) is 4.33. The molecule has 14 heavy (non-hydrogen) atoms. The van der Waals surface area contributed by atoms with Gasteiger partial charge in [-0.25, -0.2) is 0 Å². The molecular weight excluding hydrogens is 192 g/mol. The lowest BCUT2D eigenvalue weighted by molar-refractivity contribution is 0.411. The fourth-order valence-electron chi connectivity index (χ4n) is 2.26. The van der Waals surface area contributed by atoms with E-state index in [1.165, 1.54) is 24.3 Å². The van der Waals surface area contributed by atoms with E-state index >= 15 is 0 Å². The molecule has 2 nitrogen and oxygen atoms in total. The second-order valence-electron chi connectivity index (χ2n) is 4.92. The Balaban J connectivity index is 1.93. The van der Waals surface area contributed by atoms with Crippen molar-refractivity contribution >= 4 is 16.8 Å². The van der Waals surface area contributed by atoms with Crippen LogP contribution in [0.25, 0.3) is 0 Å². The van der Waals surface area contributed by atoms with Crippen LogP contribution in [0.3, 0.4) is 0 Å². The summed E-state index contributed by atoms with van der Waals surface area (Å²) in [5, 5.41) is 2.08. The first-order chi connectivity index (χ1) is 6.65. The minimum absolute atomic E-state index is 0.428. The maximum absolute atomic E-state index is 5.97. The van der Waals surface area contributed by atoms with Gasteiger partial charge in [0.05, 0.1) is 11.1 Å². The third kappa shape index (κ3) is 2.31. The highest BCUT2D eigenvalue weighted by Gasteiger charge is 2.34. The molecule has 1 saturated carbocycles. The normalized spacial score (nSPS) is 37.1. The fraction of sp³-hybridized carbons (Fsp3) is 0.909. The van der Waals surface area contributed by atoms with E-state index in [1.807, 2.05) is 11.8 Å². The second-order valence-corrected chi connectivity index (χ2v) is 6.23. The van der Waals surface area contributed by atoms with Crippen LogP contribution in [0.1, 0.15) is 39.5 Å². The Morgan fingerprint density at radius 3 is 3.00 bits per heavy atom. The molecule has 3 heteroatoms. The Morgan fingerprint density at radius 2 is 2.29 bits per heavy atom. The van der Waals surface area contributed by atoms with E-state index < -0.39 is 0 Å². The lowest BCUT2D eigenvalue weighted by Gasteiger charge is -2.27. The molecule has 1 aliphatic heterocycles. The Hall–Kier alpha value is -0.0200. The SMILES string of the molecule is CC(C)CC1=NC2CCC(N)CC2S1. The Bertz CT molecular complexity index is 237. The average molecular weight is 212 g/mol. The smallest absolute Gasteiger partial charge is 0.0685 e. The summed E-state index contributed by atoms with van der Waals surface area (Å²) < 4.78 is 0. The quantitative estimate of drug-likeness (QED) is 0.763. The molecule has 1 aliphatic carbocycles. The van der Waals surface area contributed by atoms with Crippen molar-refractivity contribution in [2.45, 2.75) is 56.9 Å². The standard InChI is InChI=1S/C11H20N2S/c1-7(2)5-11-13-9-4-3-8(12)6-10(9)14-11/h7-10H,3-6,12H2,1-2H3. The molecule has 2 rings (SSSR count). The molecule has 0 amide bonds. The van der Waals surface area contributed by atoms with Crippen molar-refractivity contribution in [3.63, 3.8) is 0 Å². The molecule has 2 aliphatic rings. The van der Waals surface area contributed by atoms with Crippen molar-refractivity contribution in [1.29, 1.82) is 0 Å². The highest BCUT2D eigenvalue weighted by Crippen LogP contribution is 2.38. The number of hydrogen-bond donors (Lipinski definition) is 1. The first kappa shape index (κ1) is 10.5. The Morgan fingerprint density at radius 1 is 1.50 bits per heavy atom. The predicted octanol–water partition coefficient (Wildman–Crippen LogP) is 2.43. The van der Waals surface area contributed by atoms with E-state index in [4.69, 9.17) is 10.7 Å². The van der Waals surface area contributed by atoms with Crippen LogP contribution in [0, 0.1) is 5.92 Å². The highest BCUT2D eigenvalue weighted by atomic mass is 32.2. The molecule has 0 bridgehead atoms. The minimum Gasteiger partial charge on any atom is -0.328 e. The van der Waals surface area contributed by atoms with Gasteiger partial charge >= 0.3 is 0 Å². The van der Waals surface area contributed by atoms with Gasteiger partial charge in [0, 0.05) is 11.3 Å². The van der Waals surface area contributed by atoms with E-state index in [-0.39, 0.29) is 0 Å². The number of fused-ring (bicyclic) bond motifs is 1. The van der Waals surface area contributed by atoms with E-state index in [0.717, 1.165) is 12.3 Å². The summed E-state index contributed by atoms with van der Waals surface area (Å²) in [4.78, 5) is 4.81.